The monoisotopic (exact) mass is 281 g/mol. The lowest BCUT2D eigenvalue weighted by atomic mass is 10.2. The number of hydrogen-bond acceptors (Lipinski definition) is 3. The van der Waals surface area contributed by atoms with Gasteiger partial charge < -0.3 is 4.74 Å². The molecule has 2 rings (SSSR count). The van der Waals surface area contributed by atoms with Crippen molar-refractivity contribution in [1.82, 2.24) is 0 Å². The molecule has 0 aromatic heterocycles. The van der Waals surface area contributed by atoms with E-state index in [1.807, 2.05) is 0 Å². The highest BCUT2D eigenvalue weighted by Crippen LogP contribution is 2.28. The Morgan fingerprint density at radius 2 is 2.05 bits per heavy atom. The Balaban J connectivity index is 2.19. The molecule has 0 radical (unpaired) electrons. The fraction of sp³-hybridized carbons (Fsp3) is 0.0769. The van der Waals surface area contributed by atoms with E-state index in [2.05, 4.69) is 0 Å². The van der Waals surface area contributed by atoms with Crippen molar-refractivity contribution in [2.24, 2.45) is 0 Å². The Kier molecular flexibility index (Phi) is 3.97. The van der Waals surface area contributed by atoms with E-state index in [0.29, 0.717) is 5.02 Å². The summed E-state index contributed by atoms with van der Waals surface area (Å²) in [5, 5.41) is 11.3. The molecule has 0 atom stereocenters. The summed E-state index contributed by atoms with van der Waals surface area (Å²) in [4.78, 5) is 10.2. The Bertz CT molecular complexity index is 619. The molecule has 6 heteroatoms. The molecular weight excluding hydrogens is 273 g/mol. The predicted octanol–water partition coefficient (Wildman–Crippen LogP) is 3.97. The summed E-state index contributed by atoms with van der Waals surface area (Å²) in [6, 6.07) is 9.95. The van der Waals surface area contributed by atoms with Crippen LogP contribution in [0.3, 0.4) is 0 Å². The second-order valence-electron chi connectivity index (χ2n) is 3.79. The molecule has 0 amide bonds. The maximum Gasteiger partial charge on any atom is 0.311 e. The van der Waals surface area contributed by atoms with Crippen LogP contribution in [-0.2, 0) is 6.61 Å². The maximum atomic E-state index is 13.1. The average molecular weight is 282 g/mol. The van der Waals surface area contributed by atoms with E-state index in [9.17, 15) is 14.5 Å². The minimum atomic E-state index is -0.618. The van der Waals surface area contributed by atoms with Crippen LogP contribution in [0.2, 0.25) is 5.02 Å². The fourth-order valence-electron chi connectivity index (χ4n) is 1.54. The van der Waals surface area contributed by atoms with Crippen LogP contribution in [0.25, 0.3) is 0 Å². The third-order valence-corrected chi connectivity index (χ3v) is 2.64. The van der Waals surface area contributed by atoms with E-state index >= 15 is 0 Å². The summed E-state index contributed by atoms with van der Waals surface area (Å²) < 4.78 is 18.4. The molecule has 2 aromatic carbocycles. The van der Waals surface area contributed by atoms with Crippen molar-refractivity contribution >= 4 is 17.3 Å². The first-order chi connectivity index (χ1) is 9.06. The van der Waals surface area contributed by atoms with Crippen LogP contribution in [0, 0.1) is 15.9 Å². The average Bonchev–Trinajstić information content (AvgIpc) is 2.36. The SMILES string of the molecule is O=[N+]([O-])c1ccc(F)cc1OCc1cccc(Cl)c1. The van der Waals surface area contributed by atoms with Gasteiger partial charge in [-0.25, -0.2) is 4.39 Å². The van der Waals surface area contributed by atoms with Crippen LogP contribution < -0.4 is 4.74 Å². The van der Waals surface area contributed by atoms with Crippen molar-refractivity contribution in [3.05, 3.63) is 69.0 Å². The minimum Gasteiger partial charge on any atom is -0.482 e. The van der Waals surface area contributed by atoms with Crippen molar-refractivity contribution in [1.29, 1.82) is 0 Å². The van der Waals surface area contributed by atoms with Gasteiger partial charge in [-0.15, -0.1) is 0 Å². The predicted molar refractivity (Wildman–Crippen MR) is 68.8 cm³/mol. The maximum absolute atomic E-state index is 13.1. The summed E-state index contributed by atoms with van der Waals surface area (Å²) in [7, 11) is 0. The van der Waals surface area contributed by atoms with Gasteiger partial charge in [0.25, 0.3) is 0 Å². The quantitative estimate of drug-likeness (QED) is 0.629. The lowest BCUT2D eigenvalue weighted by Crippen LogP contribution is -1.99. The van der Waals surface area contributed by atoms with E-state index < -0.39 is 10.7 Å². The van der Waals surface area contributed by atoms with E-state index in [0.717, 1.165) is 23.8 Å². The molecule has 4 nitrogen and oxygen atoms in total. The Hall–Kier alpha value is -2.14. The van der Waals surface area contributed by atoms with Gasteiger partial charge in [-0.2, -0.15) is 0 Å². The Labute approximate surface area is 113 Å². The number of ether oxygens (including phenoxy) is 1. The van der Waals surface area contributed by atoms with E-state index in [-0.39, 0.29) is 18.0 Å². The molecule has 0 fully saturated rings. The number of rotatable bonds is 4. The van der Waals surface area contributed by atoms with E-state index in [1.165, 1.54) is 0 Å². The summed E-state index contributed by atoms with van der Waals surface area (Å²) in [6.07, 6.45) is 0. The molecule has 19 heavy (non-hydrogen) atoms. The van der Waals surface area contributed by atoms with Crippen molar-refractivity contribution in [3.8, 4) is 5.75 Å². The summed E-state index contributed by atoms with van der Waals surface area (Å²) in [5.41, 5.74) is 0.467. The van der Waals surface area contributed by atoms with Crippen LogP contribution in [0.5, 0.6) is 5.75 Å². The van der Waals surface area contributed by atoms with Gasteiger partial charge in [0.1, 0.15) is 12.4 Å². The van der Waals surface area contributed by atoms with Gasteiger partial charge in [0.2, 0.25) is 0 Å². The zero-order chi connectivity index (χ0) is 13.8. The molecule has 0 heterocycles. The first-order valence-corrected chi connectivity index (χ1v) is 5.75. The molecule has 0 unspecified atom stereocenters. The zero-order valence-corrected chi connectivity index (χ0v) is 10.4. The van der Waals surface area contributed by atoms with Crippen LogP contribution in [0.15, 0.2) is 42.5 Å². The summed E-state index contributed by atoms with van der Waals surface area (Å²) in [5.74, 6) is -0.698. The Morgan fingerprint density at radius 1 is 1.26 bits per heavy atom. The highest BCUT2D eigenvalue weighted by molar-refractivity contribution is 6.30. The highest BCUT2D eigenvalue weighted by atomic mass is 35.5. The number of benzene rings is 2. The molecule has 0 spiro atoms. The lowest BCUT2D eigenvalue weighted by Gasteiger charge is -2.07. The van der Waals surface area contributed by atoms with Gasteiger partial charge >= 0.3 is 5.69 Å². The number of nitro groups is 1. The molecule has 0 N–H and O–H groups in total. The second kappa shape index (κ2) is 5.67. The number of hydrogen-bond donors (Lipinski definition) is 0. The highest BCUT2D eigenvalue weighted by Gasteiger charge is 2.15. The topological polar surface area (TPSA) is 52.4 Å². The molecule has 0 aliphatic heterocycles. The molecule has 98 valence electrons. The number of nitrogens with zero attached hydrogens (tertiary/aromatic N) is 1. The normalized spacial score (nSPS) is 10.2. The summed E-state index contributed by atoms with van der Waals surface area (Å²) >= 11 is 5.81. The van der Waals surface area contributed by atoms with Crippen molar-refractivity contribution in [3.63, 3.8) is 0 Å². The van der Waals surface area contributed by atoms with E-state index in [1.54, 1.807) is 24.3 Å². The molecular formula is C13H9ClFNO3. The minimum absolute atomic E-state index is 0.0743. The van der Waals surface area contributed by atoms with Crippen molar-refractivity contribution in [2.45, 2.75) is 6.61 Å². The van der Waals surface area contributed by atoms with Crippen molar-refractivity contribution in [2.75, 3.05) is 0 Å². The Morgan fingerprint density at radius 3 is 2.74 bits per heavy atom. The first kappa shape index (κ1) is 13.3. The number of nitro benzene ring substituents is 1. The smallest absolute Gasteiger partial charge is 0.311 e. The standard InChI is InChI=1S/C13H9ClFNO3/c14-10-3-1-2-9(6-10)8-19-13-7-11(15)4-5-12(13)16(17)18/h1-7H,8H2. The van der Waals surface area contributed by atoms with Crippen LogP contribution >= 0.6 is 11.6 Å². The van der Waals surface area contributed by atoms with Gasteiger partial charge in [-0.3, -0.25) is 10.1 Å². The zero-order valence-electron chi connectivity index (χ0n) is 9.68. The van der Waals surface area contributed by atoms with Crippen LogP contribution in [0.1, 0.15) is 5.56 Å². The first-order valence-electron chi connectivity index (χ1n) is 5.37. The molecule has 0 aliphatic carbocycles. The van der Waals surface area contributed by atoms with E-state index in [4.69, 9.17) is 16.3 Å². The fourth-order valence-corrected chi connectivity index (χ4v) is 1.76. The van der Waals surface area contributed by atoms with Crippen LogP contribution in [0.4, 0.5) is 10.1 Å². The summed E-state index contributed by atoms with van der Waals surface area (Å²) in [6.45, 7) is 0.0743. The molecule has 0 saturated heterocycles. The molecule has 0 saturated carbocycles. The third-order valence-electron chi connectivity index (χ3n) is 2.40. The second-order valence-corrected chi connectivity index (χ2v) is 4.22. The third kappa shape index (κ3) is 3.42. The molecule has 2 aromatic rings. The van der Waals surface area contributed by atoms with Gasteiger partial charge in [0.05, 0.1) is 4.92 Å². The lowest BCUT2D eigenvalue weighted by molar-refractivity contribution is -0.386. The van der Waals surface area contributed by atoms with Gasteiger partial charge in [-0.05, 0) is 23.8 Å². The van der Waals surface area contributed by atoms with Gasteiger partial charge in [0.15, 0.2) is 5.75 Å². The molecule has 0 aliphatic rings. The van der Waals surface area contributed by atoms with Gasteiger partial charge in [-0.1, -0.05) is 23.7 Å². The largest absolute Gasteiger partial charge is 0.482 e. The number of halogens is 2. The van der Waals surface area contributed by atoms with Crippen molar-refractivity contribution < 1.29 is 14.1 Å². The van der Waals surface area contributed by atoms with Crippen LogP contribution in [-0.4, -0.2) is 4.92 Å². The molecule has 0 bridgehead atoms. The van der Waals surface area contributed by atoms with Gasteiger partial charge in [0, 0.05) is 17.2 Å².